The summed E-state index contributed by atoms with van der Waals surface area (Å²) in [4.78, 5) is 26.5. The van der Waals surface area contributed by atoms with Gasteiger partial charge in [0.15, 0.2) is 0 Å². The highest BCUT2D eigenvalue weighted by Crippen LogP contribution is 2.21. The number of aromatic nitrogens is 2. The van der Waals surface area contributed by atoms with Crippen LogP contribution in [0.4, 0.5) is 5.69 Å². The summed E-state index contributed by atoms with van der Waals surface area (Å²) in [5.74, 6) is -0.299. The van der Waals surface area contributed by atoms with E-state index in [1.54, 1.807) is 44.4 Å². The molecule has 0 bridgehead atoms. The molecule has 0 atom stereocenters. The SMILES string of the molecule is Cc1cc(C)n(Cc2ccc(C(=O)Nc3cccc(C(=O)N(C)C)c3C)cc2)n1. The zero-order chi connectivity index (χ0) is 21.1. The van der Waals surface area contributed by atoms with Gasteiger partial charge in [0.2, 0.25) is 0 Å². The summed E-state index contributed by atoms with van der Waals surface area (Å²) in [6, 6.07) is 14.9. The van der Waals surface area contributed by atoms with Gasteiger partial charge in [0, 0.05) is 36.6 Å². The fourth-order valence-electron chi connectivity index (χ4n) is 3.21. The first-order chi connectivity index (χ1) is 13.8. The lowest BCUT2D eigenvalue weighted by Gasteiger charge is -2.15. The van der Waals surface area contributed by atoms with E-state index >= 15 is 0 Å². The first kappa shape index (κ1) is 20.3. The van der Waals surface area contributed by atoms with Gasteiger partial charge in [-0.05, 0) is 62.2 Å². The number of hydrogen-bond acceptors (Lipinski definition) is 3. The molecule has 150 valence electrons. The Kier molecular flexibility index (Phi) is 5.82. The van der Waals surface area contributed by atoms with Crippen LogP contribution in [0, 0.1) is 20.8 Å². The summed E-state index contributed by atoms with van der Waals surface area (Å²) in [5.41, 5.74) is 5.69. The second kappa shape index (κ2) is 8.31. The number of carbonyl (C=O) groups excluding carboxylic acids is 2. The van der Waals surface area contributed by atoms with E-state index in [-0.39, 0.29) is 11.8 Å². The Balaban J connectivity index is 1.74. The Hall–Kier alpha value is -3.41. The lowest BCUT2D eigenvalue weighted by molar-refractivity contribution is 0.0826. The summed E-state index contributed by atoms with van der Waals surface area (Å²) in [6.07, 6.45) is 0. The predicted molar refractivity (Wildman–Crippen MR) is 114 cm³/mol. The van der Waals surface area contributed by atoms with E-state index in [0.717, 1.165) is 22.5 Å². The maximum absolute atomic E-state index is 12.7. The molecular formula is C23H26N4O2. The van der Waals surface area contributed by atoms with Crippen LogP contribution < -0.4 is 5.32 Å². The Morgan fingerprint density at radius 1 is 1.03 bits per heavy atom. The molecule has 0 aliphatic heterocycles. The van der Waals surface area contributed by atoms with E-state index in [4.69, 9.17) is 0 Å². The van der Waals surface area contributed by atoms with Crippen molar-refractivity contribution in [2.45, 2.75) is 27.3 Å². The van der Waals surface area contributed by atoms with Crippen molar-refractivity contribution < 1.29 is 9.59 Å². The largest absolute Gasteiger partial charge is 0.345 e. The van der Waals surface area contributed by atoms with Gasteiger partial charge < -0.3 is 10.2 Å². The molecule has 1 N–H and O–H groups in total. The predicted octanol–water partition coefficient (Wildman–Crippen LogP) is 3.81. The molecule has 0 aliphatic rings. The van der Waals surface area contributed by atoms with Crippen molar-refractivity contribution in [3.05, 3.63) is 82.2 Å². The minimum Gasteiger partial charge on any atom is -0.345 e. The van der Waals surface area contributed by atoms with Crippen LogP contribution in [0.2, 0.25) is 0 Å². The van der Waals surface area contributed by atoms with Crippen molar-refractivity contribution in [3.63, 3.8) is 0 Å². The van der Waals surface area contributed by atoms with Crippen LogP contribution in [-0.2, 0) is 6.54 Å². The second-order valence-electron chi connectivity index (χ2n) is 7.41. The number of benzene rings is 2. The van der Waals surface area contributed by atoms with Crippen molar-refractivity contribution in [1.82, 2.24) is 14.7 Å². The van der Waals surface area contributed by atoms with Gasteiger partial charge in [-0.3, -0.25) is 14.3 Å². The molecule has 6 nitrogen and oxygen atoms in total. The summed E-state index contributed by atoms with van der Waals surface area (Å²) < 4.78 is 1.95. The molecule has 0 saturated carbocycles. The third-order valence-electron chi connectivity index (χ3n) is 4.87. The Morgan fingerprint density at radius 3 is 2.31 bits per heavy atom. The zero-order valence-electron chi connectivity index (χ0n) is 17.5. The van der Waals surface area contributed by atoms with E-state index in [1.807, 2.05) is 43.7 Å². The van der Waals surface area contributed by atoms with Crippen LogP contribution in [0.3, 0.4) is 0 Å². The van der Waals surface area contributed by atoms with Crippen LogP contribution in [-0.4, -0.2) is 40.6 Å². The fourth-order valence-corrected chi connectivity index (χ4v) is 3.21. The third-order valence-corrected chi connectivity index (χ3v) is 4.87. The average Bonchev–Trinajstić information content (AvgIpc) is 3.00. The molecule has 0 saturated heterocycles. The molecule has 0 fully saturated rings. The summed E-state index contributed by atoms with van der Waals surface area (Å²) in [7, 11) is 3.42. The first-order valence-corrected chi connectivity index (χ1v) is 9.49. The molecule has 6 heteroatoms. The number of rotatable bonds is 5. The quantitative estimate of drug-likeness (QED) is 0.720. The van der Waals surface area contributed by atoms with Gasteiger partial charge in [-0.1, -0.05) is 18.2 Å². The molecule has 0 unspecified atom stereocenters. The van der Waals surface area contributed by atoms with Gasteiger partial charge >= 0.3 is 0 Å². The van der Waals surface area contributed by atoms with Crippen LogP contribution >= 0.6 is 0 Å². The van der Waals surface area contributed by atoms with Crippen molar-refractivity contribution >= 4 is 17.5 Å². The molecule has 3 aromatic rings. The molecular weight excluding hydrogens is 364 g/mol. The highest BCUT2D eigenvalue weighted by Gasteiger charge is 2.15. The standard InChI is InChI=1S/C23H26N4O2/c1-15-13-16(2)27(25-15)14-18-9-11-19(12-10-18)22(28)24-21-8-6-7-20(17(21)3)23(29)26(4)5/h6-13H,14H2,1-5H3,(H,24,28). The van der Waals surface area contributed by atoms with E-state index in [0.29, 0.717) is 23.4 Å². The number of amides is 2. The zero-order valence-corrected chi connectivity index (χ0v) is 17.5. The third kappa shape index (κ3) is 4.54. The molecule has 0 radical (unpaired) electrons. The molecule has 2 amide bonds. The molecule has 1 heterocycles. The lowest BCUT2D eigenvalue weighted by Crippen LogP contribution is -2.23. The van der Waals surface area contributed by atoms with Gasteiger partial charge in [-0.2, -0.15) is 5.10 Å². The molecule has 29 heavy (non-hydrogen) atoms. The van der Waals surface area contributed by atoms with Crippen molar-refractivity contribution in [2.75, 3.05) is 19.4 Å². The topological polar surface area (TPSA) is 67.2 Å². The maximum atomic E-state index is 12.7. The van der Waals surface area contributed by atoms with E-state index in [9.17, 15) is 9.59 Å². The van der Waals surface area contributed by atoms with Crippen molar-refractivity contribution in [1.29, 1.82) is 0 Å². The van der Waals surface area contributed by atoms with Gasteiger partial charge in [0.25, 0.3) is 11.8 Å². The normalized spacial score (nSPS) is 10.7. The number of nitrogens with one attached hydrogen (secondary N) is 1. The number of aryl methyl sites for hydroxylation is 2. The highest BCUT2D eigenvalue weighted by molar-refractivity contribution is 6.06. The number of nitrogens with zero attached hydrogens (tertiary/aromatic N) is 3. The average molecular weight is 390 g/mol. The monoisotopic (exact) mass is 390 g/mol. The minimum atomic E-state index is -0.208. The van der Waals surface area contributed by atoms with Gasteiger partial charge in [-0.15, -0.1) is 0 Å². The minimum absolute atomic E-state index is 0.0906. The Bertz CT molecular complexity index is 1050. The smallest absolute Gasteiger partial charge is 0.255 e. The number of hydrogen-bond donors (Lipinski definition) is 1. The summed E-state index contributed by atoms with van der Waals surface area (Å²) in [6.45, 7) is 6.50. The van der Waals surface area contributed by atoms with Gasteiger partial charge in [0.1, 0.15) is 0 Å². The molecule has 1 aromatic heterocycles. The van der Waals surface area contributed by atoms with E-state index in [1.165, 1.54) is 4.90 Å². The Morgan fingerprint density at radius 2 is 1.72 bits per heavy atom. The van der Waals surface area contributed by atoms with Crippen LogP contribution in [0.5, 0.6) is 0 Å². The van der Waals surface area contributed by atoms with Gasteiger partial charge in [0.05, 0.1) is 12.2 Å². The molecule has 0 aliphatic carbocycles. The first-order valence-electron chi connectivity index (χ1n) is 9.49. The Labute approximate surface area is 171 Å². The second-order valence-corrected chi connectivity index (χ2v) is 7.41. The van der Waals surface area contributed by atoms with Crippen LogP contribution in [0.25, 0.3) is 0 Å². The van der Waals surface area contributed by atoms with E-state index < -0.39 is 0 Å². The number of anilines is 1. The fraction of sp³-hybridized carbons (Fsp3) is 0.261. The molecule has 0 spiro atoms. The maximum Gasteiger partial charge on any atom is 0.255 e. The number of carbonyl (C=O) groups is 2. The van der Waals surface area contributed by atoms with E-state index in [2.05, 4.69) is 10.4 Å². The summed E-state index contributed by atoms with van der Waals surface area (Å²) in [5, 5.41) is 7.38. The van der Waals surface area contributed by atoms with Crippen LogP contribution in [0.15, 0.2) is 48.5 Å². The molecule has 2 aromatic carbocycles. The van der Waals surface area contributed by atoms with Gasteiger partial charge in [-0.25, -0.2) is 0 Å². The van der Waals surface area contributed by atoms with Crippen LogP contribution in [0.1, 0.15) is 43.2 Å². The summed E-state index contributed by atoms with van der Waals surface area (Å²) >= 11 is 0. The highest BCUT2D eigenvalue weighted by atomic mass is 16.2. The lowest BCUT2D eigenvalue weighted by atomic mass is 10.0. The van der Waals surface area contributed by atoms with Crippen molar-refractivity contribution in [3.8, 4) is 0 Å². The van der Waals surface area contributed by atoms with Crippen molar-refractivity contribution in [2.24, 2.45) is 0 Å². The molecule has 3 rings (SSSR count).